The monoisotopic (exact) mass is 719 g/mol. The van der Waals surface area contributed by atoms with Gasteiger partial charge in [0.2, 0.25) is 0 Å². The molecular formula is C42H30F9N. The molecule has 0 aliphatic rings. The van der Waals surface area contributed by atoms with Gasteiger partial charge < -0.3 is 4.90 Å². The van der Waals surface area contributed by atoms with Crippen molar-refractivity contribution in [3.63, 3.8) is 0 Å². The van der Waals surface area contributed by atoms with Gasteiger partial charge in [-0.2, -0.15) is 39.5 Å². The van der Waals surface area contributed by atoms with Gasteiger partial charge in [0.1, 0.15) is 0 Å². The van der Waals surface area contributed by atoms with Crippen molar-refractivity contribution in [2.24, 2.45) is 0 Å². The van der Waals surface area contributed by atoms with Gasteiger partial charge in [-0.25, -0.2) is 0 Å². The number of benzene rings is 6. The zero-order valence-electron chi connectivity index (χ0n) is 28.0. The number of hydrogen-bond acceptors (Lipinski definition) is 1. The summed E-state index contributed by atoms with van der Waals surface area (Å²) in [5.41, 5.74) is -3.31. The Kier molecular flexibility index (Phi) is 9.46. The standard InChI is InChI=1S/C42H30F9N/c1-25-19-31(28-13-7-4-8-14-28)34(40(43,44)45)22-37(25)52(38-23-35(41(46,47)48)32(20-26(38)2)29-15-9-5-10-16-29)39-24-36(42(49,50)51)33(21-27(39)3)30-17-11-6-12-18-30/h4-24H,1-3H3. The highest BCUT2D eigenvalue weighted by atomic mass is 19.4. The first-order chi connectivity index (χ1) is 24.4. The van der Waals surface area contributed by atoms with Gasteiger partial charge in [-0.1, -0.05) is 91.0 Å². The number of hydrogen-bond donors (Lipinski definition) is 0. The molecule has 0 saturated heterocycles. The number of aryl methyl sites for hydroxylation is 3. The number of halogens is 9. The fraction of sp³-hybridized carbons (Fsp3) is 0.143. The van der Waals surface area contributed by atoms with Crippen LogP contribution in [-0.2, 0) is 18.5 Å². The van der Waals surface area contributed by atoms with E-state index in [-0.39, 0.29) is 67.1 Å². The molecule has 0 fully saturated rings. The fourth-order valence-corrected chi connectivity index (χ4v) is 6.47. The second-order valence-corrected chi connectivity index (χ2v) is 12.5. The predicted molar refractivity (Wildman–Crippen MR) is 187 cm³/mol. The molecule has 0 radical (unpaired) electrons. The first kappa shape index (κ1) is 36.3. The van der Waals surface area contributed by atoms with Gasteiger partial charge in [0.15, 0.2) is 0 Å². The summed E-state index contributed by atoms with van der Waals surface area (Å²) in [6.45, 7) is 4.43. The summed E-state index contributed by atoms with van der Waals surface area (Å²) >= 11 is 0. The van der Waals surface area contributed by atoms with E-state index in [1.807, 2.05) is 0 Å². The summed E-state index contributed by atoms with van der Waals surface area (Å²) < 4.78 is 134. The Hall–Kier alpha value is -5.51. The summed E-state index contributed by atoms with van der Waals surface area (Å²) in [5, 5.41) is 0. The van der Waals surface area contributed by atoms with Crippen molar-refractivity contribution >= 4 is 17.1 Å². The molecule has 0 aromatic heterocycles. The minimum Gasteiger partial charge on any atom is -0.310 e. The van der Waals surface area contributed by atoms with Gasteiger partial charge in [-0.3, -0.25) is 0 Å². The third-order valence-electron chi connectivity index (χ3n) is 8.90. The Morgan fingerprint density at radius 2 is 0.577 bits per heavy atom. The van der Waals surface area contributed by atoms with Crippen molar-refractivity contribution in [2.75, 3.05) is 4.90 Å². The average Bonchev–Trinajstić information content (AvgIpc) is 3.09. The number of anilines is 3. The molecule has 0 aliphatic carbocycles. The summed E-state index contributed by atoms with van der Waals surface area (Å²) in [5.74, 6) is 0. The van der Waals surface area contributed by atoms with Crippen molar-refractivity contribution < 1.29 is 39.5 Å². The number of nitrogens with zero attached hydrogens (tertiary/aromatic N) is 1. The lowest BCUT2D eigenvalue weighted by Gasteiger charge is -2.33. The van der Waals surface area contributed by atoms with Crippen molar-refractivity contribution in [2.45, 2.75) is 39.3 Å². The van der Waals surface area contributed by atoms with Crippen molar-refractivity contribution in [1.29, 1.82) is 0 Å². The fourth-order valence-electron chi connectivity index (χ4n) is 6.47. The maximum absolute atomic E-state index is 14.9. The van der Waals surface area contributed by atoms with E-state index in [9.17, 15) is 39.5 Å². The minimum absolute atomic E-state index is 0.187. The van der Waals surface area contributed by atoms with Crippen molar-refractivity contribution in [3.05, 3.63) is 161 Å². The average molecular weight is 720 g/mol. The van der Waals surface area contributed by atoms with Crippen LogP contribution in [0.2, 0.25) is 0 Å². The molecule has 6 aromatic rings. The maximum atomic E-state index is 14.9. The normalized spacial score (nSPS) is 12.2. The van der Waals surface area contributed by atoms with E-state index < -0.39 is 35.2 Å². The Labute approximate surface area is 294 Å². The van der Waals surface area contributed by atoms with Crippen LogP contribution < -0.4 is 4.90 Å². The van der Waals surface area contributed by atoms with Crippen LogP contribution in [0.15, 0.2) is 127 Å². The number of rotatable bonds is 6. The summed E-state index contributed by atoms with van der Waals surface area (Å²) in [6, 6.07) is 29.4. The Morgan fingerprint density at radius 1 is 0.346 bits per heavy atom. The van der Waals surface area contributed by atoms with Crippen LogP contribution in [-0.4, -0.2) is 0 Å². The lowest BCUT2D eigenvalue weighted by atomic mass is 9.91. The molecule has 1 nitrogen and oxygen atoms in total. The maximum Gasteiger partial charge on any atom is 0.417 e. The minimum atomic E-state index is -4.94. The van der Waals surface area contributed by atoms with E-state index in [0.29, 0.717) is 0 Å². The molecule has 0 spiro atoms. The molecule has 266 valence electrons. The second-order valence-electron chi connectivity index (χ2n) is 12.5. The predicted octanol–water partition coefficient (Wildman–Crippen LogP) is 14.1. The summed E-state index contributed by atoms with van der Waals surface area (Å²) in [4.78, 5) is 1.08. The molecule has 10 heteroatoms. The van der Waals surface area contributed by atoms with E-state index in [1.165, 1.54) is 75.4 Å². The van der Waals surface area contributed by atoms with Crippen molar-refractivity contribution in [3.8, 4) is 33.4 Å². The third-order valence-corrected chi connectivity index (χ3v) is 8.90. The molecule has 52 heavy (non-hydrogen) atoms. The molecule has 0 unspecified atom stereocenters. The van der Waals surface area contributed by atoms with Crippen LogP contribution in [0.25, 0.3) is 33.4 Å². The van der Waals surface area contributed by atoms with Gasteiger partial charge in [0.25, 0.3) is 0 Å². The molecule has 0 amide bonds. The summed E-state index contributed by atoms with van der Waals surface area (Å²) in [6.07, 6.45) is -14.8. The van der Waals surface area contributed by atoms with Crippen LogP contribution in [0.1, 0.15) is 33.4 Å². The largest absolute Gasteiger partial charge is 0.417 e. The van der Waals surface area contributed by atoms with Crippen molar-refractivity contribution in [1.82, 2.24) is 0 Å². The van der Waals surface area contributed by atoms with E-state index in [4.69, 9.17) is 0 Å². The van der Waals surface area contributed by atoms with Crippen LogP contribution >= 0.6 is 0 Å². The van der Waals surface area contributed by atoms with E-state index in [0.717, 1.165) is 23.1 Å². The lowest BCUT2D eigenvalue weighted by Crippen LogP contribution is -2.19. The molecular weight excluding hydrogens is 689 g/mol. The Morgan fingerprint density at radius 3 is 0.788 bits per heavy atom. The molecule has 0 aliphatic heterocycles. The molecule has 0 bridgehead atoms. The second kappa shape index (κ2) is 13.6. The quantitative estimate of drug-likeness (QED) is 0.155. The Balaban J connectivity index is 1.73. The van der Waals surface area contributed by atoms with E-state index in [2.05, 4.69) is 0 Å². The highest BCUT2D eigenvalue weighted by Gasteiger charge is 2.39. The highest BCUT2D eigenvalue weighted by molar-refractivity contribution is 5.88. The van der Waals surface area contributed by atoms with Crippen LogP contribution in [0, 0.1) is 20.8 Å². The zero-order valence-corrected chi connectivity index (χ0v) is 28.0. The Bertz CT molecular complexity index is 1970. The smallest absolute Gasteiger partial charge is 0.310 e. The molecule has 6 rings (SSSR count). The zero-order chi connectivity index (χ0) is 37.6. The topological polar surface area (TPSA) is 3.24 Å². The number of alkyl halides is 9. The van der Waals surface area contributed by atoms with Gasteiger partial charge in [-0.05, 0) is 107 Å². The van der Waals surface area contributed by atoms with Crippen LogP contribution in [0.4, 0.5) is 56.6 Å². The van der Waals surface area contributed by atoms with Gasteiger partial charge in [0.05, 0.1) is 16.7 Å². The lowest BCUT2D eigenvalue weighted by molar-refractivity contribution is -0.137. The molecule has 6 aromatic carbocycles. The molecule has 0 heterocycles. The molecule has 0 atom stereocenters. The van der Waals surface area contributed by atoms with Gasteiger partial charge >= 0.3 is 18.5 Å². The van der Waals surface area contributed by atoms with E-state index >= 15 is 0 Å². The van der Waals surface area contributed by atoms with Crippen LogP contribution in [0.3, 0.4) is 0 Å². The first-order valence-electron chi connectivity index (χ1n) is 16.1. The van der Waals surface area contributed by atoms with Gasteiger partial charge in [-0.15, -0.1) is 0 Å². The van der Waals surface area contributed by atoms with Crippen LogP contribution in [0.5, 0.6) is 0 Å². The van der Waals surface area contributed by atoms with Gasteiger partial charge in [0, 0.05) is 17.1 Å². The van der Waals surface area contributed by atoms with E-state index in [1.54, 1.807) is 54.6 Å². The first-order valence-corrected chi connectivity index (χ1v) is 16.1. The molecule has 0 saturated carbocycles. The molecule has 0 N–H and O–H groups in total. The SMILES string of the molecule is Cc1cc(-c2ccccc2)c(C(F)(F)F)cc1N(c1cc(C(F)(F)F)c(-c2ccccc2)cc1C)c1cc(C(F)(F)F)c(-c2ccccc2)cc1C. The summed E-state index contributed by atoms with van der Waals surface area (Å²) in [7, 11) is 0. The third kappa shape index (κ3) is 7.15. The highest BCUT2D eigenvalue weighted by Crippen LogP contribution is 2.50.